The smallest absolute Gasteiger partial charge is 0.169 e. The number of rotatable bonds is 22. The Labute approximate surface area is 479 Å². The summed E-state index contributed by atoms with van der Waals surface area (Å²) in [5.41, 5.74) is 23.0. The van der Waals surface area contributed by atoms with Crippen molar-refractivity contribution in [3.63, 3.8) is 0 Å². The second-order valence-electron chi connectivity index (χ2n) is 23.5. The third-order valence-electron chi connectivity index (χ3n) is 19.0. The number of benzene rings is 1. The van der Waals surface area contributed by atoms with Crippen LogP contribution in [-0.4, -0.2) is 70.8 Å². The van der Waals surface area contributed by atoms with E-state index in [-0.39, 0.29) is 23.7 Å². The van der Waals surface area contributed by atoms with Gasteiger partial charge < -0.3 is 24.5 Å². The third-order valence-corrected chi connectivity index (χ3v) is 19.0. The average molecular weight is 1080 g/mol. The topological polar surface area (TPSA) is 90.3 Å². The first-order valence-electron chi connectivity index (χ1n) is 30.7. The number of ether oxygens (including phenoxy) is 1. The Morgan fingerprint density at radius 1 is 0.463 bits per heavy atom. The van der Waals surface area contributed by atoms with Gasteiger partial charge in [0.25, 0.3) is 0 Å². The molecule has 10 nitrogen and oxygen atoms in total. The van der Waals surface area contributed by atoms with Crippen molar-refractivity contribution in [1.82, 2.24) is 25.3 Å². The van der Waals surface area contributed by atoms with Crippen molar-refractivity contribution in [2.24, 2.45) is 0 Å². The Balaban J connectivity index is 1.42. The summed E-state index contributed by atoms with van der Waals surface area (Å²) in [7, 11) is 1.99. The van der Waals surface area contributed by atoms with Crippen LogP contribution >= 0.6 is 0 Å². The van der Waals surface area contributed by atoms with Crippen molar-refractivity contribution in [2.75, 3.05) is 46.4 Å². The first-order chi connectivity index (χ1) is 38.7. The zero-order valence-corrected chi connectivity index (χ0v) is 51.2. The molecular formula is C70H95N9O+4. The Morgan fingerprint density at radius 3 is 1.10 bits per heavy atom. The molecule has 0 spiro atoms. The number of H-pyrrole nitrogens is 2. The van der Waals surface area contributed by atoms with Crippen LogP contribution in [0.1, 0.15) is 170 Å². The van der Waals surface area contributed by atoms with E-state index in [1.165, 1.54) is 59.6 Å². The lowest BCUT2D eigenvalue weighted by molar-refractivity contribution is -0.925. The zero-order valence-electron chi connectivity index (χ0n) is 51.2. The third kappa shape index (κ3) is 11.5. The van der Waals surface area contributed by atoms with Crippen LogP contribution in [-0.2, 0) is 19.6 Å². The number of aryl methyl sites for hydroxylation is 7. The molecule has 0 fully saturated rings. The molecule has 0 aliphatic carbocycles. The van der Waals surface area contributed by atoms with Gasteiger partial charge in [-0.1, -0.05) is 66.5 Å². The summed E-state index contributed by atoms with van der Waals surface area (Å²) in [6, 6.07) is 22.8. The summed E-state index contributed by atoms with van der Waals surface area (Å²) in [6.07, 6.45) is 20.3. The molecule has 4 unspecified atom stereocenters. The quantitative estimate of drug-likeness (QED) is 0.0358. The van der Waals surface area contributed by atoms with E-state index in [1.54, 1.807) is 0 Å². The fourth-order valence-corrected chi connectivity index (χ4v) is 12.7. The fourth-order valence-electron chi connectivity index (χ4n) is 12.7. The summed E-state index contributed by atoms with van der Waals surface area (Å²) in [4.78, 5) is 20.5. The SMILES string of the molecule is CCCC[n+]1ccc(-c2c3nc(c(-c4cc[n+](CCC[N+](CC)(CC)CC)cc4)c4[nH]c(c(C)c4C)c(-c4cc[n+](CCCC)cc4)c4nc(c(-c5ccc(OCCCNC)cc5)c5[nH]c2c(C)c5C)C(C)C4C)C(C)C3C)cc1. The van der Waals surface area contributed by atoms with Gasteiger partial charge in [-0.2, -0.15) is 0 Å². The number of nitrogens with zero attached hydrogens (tertiary/aromatic N) is 6. The minimum atomic E-state index is 0.0935. The molecule has 422 valence electrons. The second-order valence-corrected chi connectivity index (χ2v) is 23.5. The Morgan fingerprint density at radius 2 is 0.787 bits per heavy atom. The number of aromatic amines is 2. The van der Waals surface area contributed by atoms with Crippen LogP contribution in [0.4, 0.5) is 0 Å². The molecular weight excluding hydrogens is 983 g/mol. The van der Waals surface area contributed by atoms with Crippen molar-refractivity contribution in [3.05, 3.63) is 143 Å². The lowest BCUT2D eigenvalue weighted by Crippen LogP contribution is -2.49. The normalized spacial score (nSPS) is 16.4. The standard InChI is InChI=1S/C70H94N9O/c1-15-20-35-76-38-28-55(29-39-76)60-65-48(8)46(6)63(72-65)59(54-24-26-58(27-25-54)80-45-22-34-71-14)64-47(7)49(9)66(73-64)61(56-30-40-77(41-31-56)36-21-16-2)68-51(11)53(13)70(75-68)62(69-52(12)50(10)67(60)74-69)57-32-42-78(43-33-57)37-23-44-79(17-3,18-4)19-5/h24-33,38-43,46,48,51,53,71H,15-23,34-37,44-45H2,1-14H3,(H,73,74)/q+3/p+1. The Hall–Kier alpha value is -6.49. The van der Waals surface area contributed by atoms with Gasteiger partial charge in [-0.25, -0.2) is 13.7 Å². The van der Waals surface area contributed by atoms with Gasteiger partial charge in [0.05, 0.1) is 84.0 Å². The molecule has 2 aliphatic heterocycles. The van der Waals surface area contributed by atoms with Crippen LogP contribution in [0, 0.1) is 27.7 Å². The molecule has 6 aromatic heterocycles. The minimum Gasteiger partial charge on any atom is -0.494 e. The molecule has 0 saturated heterocycles. The molecule has 0 radical (unpaired) electrons. The van der Waals surface area contributed by atoms with E-state index in [0.29, 0.717) is 6.61 Å². The maximum Gasteiger partial charge on any atom is 0.169 e. The fraction of sp³-hybridized carbons (Fsp3) is 0.471. The van der Waals surface area contributed by atoms with Crippen LogP contribution in [0.25, 0.3) is 66.6 Å². The lowest BCUT2D eigenvalue weighted by Gasteiger charge is -2.35. The van der Waals surface area contributed by atoms with E-state index in [4.69, 9.17) is 14.7 Å². The van der Waals surface area contributed by atoms with Crippen LogP contribution < -0.4 is 23.8 Å². The van der Waals surface area contributed by atoms with Gasteiger partial charge in [0.1, 0.15) is 18.8 Å². The van der Waals surface area contributed by atoms with Crippen molar-refractivity contribution < 1.29 is 22.9 Å². The summed E-state index contributed by atoms with van der Waals surface area (Å²) in [5.74, 6) is 1.28. The van der Waals surface area contributed by atoms with E-state index in [9.17, 15) is 0 Å². The van der Waals surface area contributed by atoms with Gasteiger partial charge >= 0.3 is 0 Å². The molecule has 3 N–H and O–H groups in total. The van der Waals surface area contributed by atoms with E-state index in [2.05, 4.69) is 217 Å². The maximum absolute atomic E-state index is 6.30. The number of hydrogen-bond acceptors (Lipinski definition) is 4. The van der Waals surface area contributed by atoms with Crippen molar-refractivity contribution in [1.29, 1.82) is 0 Å². The predicted molar refractivity (Wildman–Crippen MR) is 331 cm³/mol. The summed E-state index contributed by atoms with van der Waals surface area (Å²) >= 11 is 0. The summed E-state index contributed by atoms with van der Waals surface area (Å²) in [5, 5.41) is 3.25. The largest absolute Gasteiger partial charge is 0.494 e. The summed E-state index contributed by atoms with van der Waals surface area (Å²) in [6.45, 7) is 39.6. The maximum atomic E-state index is 6.30. The van der Waals surface area contributed by atoms with Crippen molar-refractivity contribution >= 4 is 22.1 Å². The minimum absolute atomic E-state index is 0.0935. The van der Waals surface area contributed by atoms with E-state index in [1.807, 2.05) is 7.05 Å². The first kappa shape index (κ1) is 58.2. The summed E-state index contributed by atoms with van der Waals surface area (Å²) < 4.78 is 14.5. The van der Waals surface area contributed by atoms with Gasteiger partial charge in [-0.15, -0.1) is 0 Å². The van der Waals surface area contributed by atoms with Crippen molar-refractivity contribution in [3.8, 4) is 50.3 Å². The number of aromatic nitrogens is 7. The second kappa shape index (κ2) is 25.5. The molecule has 1 aromatic carbocycles. The number of unbranched alkanes of at least 4 members (excludes halogenated alkanes) is 2. The van der Waals surface area contributed by atoms with Gasteiger partial charge in [0.15, 0.2) is 43.7 Å². The highest BCUT2D eigenvalue weighted by Crippen LogP contribution is 2.50. The highest BCUT2D eigenvalue weighted by atomic mass is 16.5. The van der Waals surface area contributed by atoms with Gasteiger partial charge in [-0.05, 0) is 125 Å². The number of quaternary nitrogens is 1. The van der Waals surface area contributed by atoms with Gasteiger partial charge in [-0.3, -0.25) is 9.97 Å². The molecule has 80 heavy (non-hydrogen) atoms. The zero-order chi connectivity index (χ0) is 56.8. The van der Waals surface area contributed by atoms with E-state index >= 15 is 0 Å². The molecule has 0 amide bonds. The molecule has 8 heterocycles. The van der Waals surface area contributed by atoms with Crippen LogP contribution in [0.5, 0.6) is 5.75 Å². The van der Waals surface area contributed by atoms with E-state index < -0.39 is 0 Å². The van der Waals surface area contributed by atoms with E-state index in [0.717, 1.165) is 153 Å². The monoisotopic (exact) mass is 1080 g/mol. The molecule has 4 atom stereocenters. The first-order valence-corrected chi connectivity index (χ1v) is 30.7. The number of pyridine rings is 3. The van der Waals surface area contributed by atoms with Crippen LogP contribution in [0.2, 0.25) is 0 Å². The predicted octanol–water partition coefficient (Wildman–Crippen LogP) is 14.7. The van der Waals surface area contributed by atoms with Crippen LogP contribution in [0.3, 0.4) is 0 Å². The molecule has 0 saturated carbocycles. The molecule has 9 rings (SSSR count). The molecule has 2 aliphatic rings. The Bertz CT molecular complexity index is 3360. The molecule has 8 bridgehead atoms. The molecule has 7 aromatic rings. The van der Waals surface area contributed by atoms with Crippen molar-refractivity contribution in [2.45, 2.75) is 172 Å². The Kier molecular flexibility index (Phi) is 18.6. The average Bonchev–Trinajstić information content (AvgIpc) is 4.15. The highest BCUT2D eigenvalue weighted by Gasteiger charge is 2.35. The van der Waals surface area contributed by atoms with Gasteiger partial charge in [0, 0.05) is 95.2 Å². The highest BCUT2D eigenvalue weighted by molar-refractivity contribution is 5.96. The number of hydrogen-bond donors (Lipinski definition) is 3. The number of nitrogens with one attached hydrogen (secondary N) is 3. The number of fused-ring (bicyclic) bond motifs is 8. The van der Waals surface area contributed by atoms with Gasteiger partial charge in [0.2, 0.25) is 0 Å². The van der Waals surface area contributed by atoms with Crippen LogP contribution in [0.15, 0.2) is 97.8 Å². The molecule has 10 heteroatoms. The lowest BCUT2D eigenvalue weighted by atomic mass is 9.86.